The normalized spacial score (nSPS) is 14.8. The monoisotopic (exact) mass is 407 g/mol. The Kier molecular flexibility index (Phi) is 5.09. The van der Waals surface area contributed by atoms with Gasteiger partial charge in [-0.15, -0.1) is 5.10 Å². The van der Waals surface area contributed by atoms with Gasteiger partial charge in [-0.25, -0.2) is 4.68 Å². The van der Waals surface area contributed by atoms with Crippen molar-refractivity contribution in [2.75, 3.05) is 24.9 Å². The van der Waals surface area contributed by atoms with E-state index in [4.69, 9.17) is 9.47 Å². The molecular formula is C21H21N5O4. The van der Waals surface area contributed by atoms with E-state index in [1.807, 2.05) is 31.2 Å². The van der Waals surface area contributed by atoms with Crippen LogP contribution in [0.3, 0.4) is 0 Å². The summed E-state index contributed by atoms with van der Waals surface area (Å²) in [6, 6.07) is 12.0. The van der Waals surface area contributed by atoms with Crippen LogP contribution in [0, 0.1) is 6.92 Å². The summed E-state index contributed by atoms with van der Waals surface area (Å²) in [4.78, 5) is 29.4. The Morgan fingerprint density at radius 2 is 1.93 bits per heavy atom. The van der Waals surface area contributed by atoms with Gasteiger partial charge in [-0.3, -0.25) is 14.9 Å². The summed E-state index contributed by atoms with van der Waals surface area (Å²) >= 11 is 0. The van der Waals surface area contributed by atoms with E-state index < -0.39 is 6.04 Å². The average Bonchev–Trinajstić information content (AvgIpc) is 3.27. The molecular weight excluding hydrogens is 386 g/mol. The predicted octanol–water partition coefficient (Wildman–Crippen LogP) is 2.79. The van der Waals surface area contributed by atoms with E-state index in [9.17, 15) is 9.59 Å². The van der Waals surface area contributed by atoms with Crippen molar-refractivity contribution in [1.82, 2.24) is 14.8 Å². The third-order valence-corrected chi connectivity index (χ3v) is 4.84. The molecule has 2 aromatic carbocycles. The third-order valence-electron chi connectivity index (χ3n) is 4.84. The van der Waals surface area contributed by atoms with Crippen LogP contribution in [0.4, 0.5) is 11.6 Å². The fourth-order valence-electron chi connectivity index (χ4n) is 3.21. The number of hydrogen-bond acceptors (Lipinski definition) is 6. The Bertz CT molecular complexity index is 1110. The number of rotatable bonds is 6. The maximum absolute atomic E-state index is 12.6. The molecule has 1 atom stereocenters. The van der Waals surface area contributed by atoms with Crippen LogP contribution in [0.2, 0.25) is 0 Å². The Morgan fingerprint density at radius 1 is 1.17 bits per heavy atom. The molecule has 1 aliphatic heterocycles. The minimum absolute atomic E-state index is 0.0925. The van der Waals surface area contributed by atoms with Gasteiger partial charge in [-0.05, 0) is 19.1 Å². The molecule has 0 radical (unpaired) electrons. The van der Waals surface area contributed by atoms with Crippen LogP contribution in [0.5, 0.6) is 11.5 Å². The van der Waals surface area contributed by atoms with E-state index in [1.54, 1.807) is 25.3 Å². The Hall–Kier alpha value is -3.88. The van der Waals surface area contributed by atoms with Gasteiger partial charge in [0.2, 0.25) is 11.9 Å². The van der Waals surface area contributed by atoms with Crippen molar-refractivity contribution in [1.29, 1.82) is 0 Å². The smallest absolute Gasteiger partial charge is 0.252 e. The van der Waals surface area contributed by atoms with Crippen molar-refractivity contribution >= 4 is 23.5 Å². The number of benzene rings is 2. The minimum atomic E-state index is -0.782. The Balaban J connectivity index is 1.51. The van der Waals surface area contributed by atoms with Gasteiger partial charge < -0.3 is 14.8 Å². The Labute approximate surface area is 173 Å². The Morgan fingerprint density at radius 3 is 2.63 bits per heavy atom. The highest BCUT2D eigenvalue weighted by Crippen LogP contribution is 2.31. The number of amides is 2. The molecule has 0 bridgehead atoms. The number of nitrogens with one attached hydrogen (secondary N) is 2. The van der Waals surface area contributed by atoms with Gasteiger partial charge in [0.1, 0.15) is 17.5 Å². The molecule has 4 rings (SSSR count). The molecule has 2 amide bonds. The van der Waals surface area contributed by atoms with Gasteiger partial charge in [0.25, 0.3) is 5.91 Å². The van der Waals surface area contributed by atoms with Crippen LogP contribution in [0.15, 0.2) is 42.5 Å². The summed E-state index contributed by atoms with van der Waals surface area (Å²) in [5.41, 5.74) is 2.45. The van der Waals surface area contributed by atoms with Crippen molar-refractivity contribution in [2.24, 2.45) is 0 Å². The van der Waals surface area contributed by atoms with E-state index >= 15 is 0 Å². The second-order valence-corrected chi connectivity index (χ2v) is 6.89. The number of aromatic nitrogens is 3. The zero-order valence-corrected chi connectivity index (χ0v) is 16.8. The first kappa shape index (κ1) is 19.4. The number of methoxy groups -OCH3 is 2. The molecule has 0 saturated carbocycles. The number of fused-ring (bicyclic) bond motifs is 1. The summed E-state index contributed by atoms with van der Waals surface area (Å²) in [5, 5.41) is 9.90. The van der Waals surface area contributed by atoms with Crippen LogP contribution in [0.25, 0.3) is 11.4 Å². The van der Waals surface area contributed by atoms with E-state index in [-0.39, 0.29) is 18.2 Å². The lowest BCUT2D eigenvalue weighted by molar-refractivity contribution is -0.123. The topological polar surface area (TPSA) is 107 Å². The first-order chi connectivity index (χ1) is 14.5. The van der Waals surface area contributed by atoms with Gasteiger partial charge in [0.15, 0.2) is 5.82 Å². The van der Waals surface area contributed by atoms with Crippen molar-refractivity contribution < 1.29 is 19.1 Å². The maximum Gasteiger partial charge on any atom is 0.252 e. The largest absolute Gasteiger partial charge is 0.497 e. The van der Waals surface area contributed by atoms with Gasteiger partial charge >= 0.3 is 0 Å². The van der Waals surface area contributed by atoms with Crippen molar-refractivity contribution in [3.05, 3.63) is 48.0 Å². The molecule has 0 aliphatic carbocycles. The fraction of sp³-hybridized carbons (Fsp3) is 0.238. The summed E-state index contributed by atoms with van der Waals surface area (Å²) in [7, 11) is 3.05. The van der Waals surface area contributed by atoms with Crippen LogP contribution in [0.1, 0.15) is 18.0 Å². The van der Waals surface area contributed by atoms with E-state index in [2.05, 4.69) is 20.7 Å². The molecule has 0 unspecified atom stereocenters. The highest BCUT2D eigenvalue weighted by molar-refractivity contribution is 6.01. The maximum atomic E-state index is 12.6. The molecule has 3 aromatic rings. The van der Waals surface area contributed by atoms with Crippen molar-refractivity contribution in [3.8, 4) is 22.9 Å². The van der Waals surface area contributed by atoms with E-state index in [0.29, 0.717) is 29.0 Å². The van der Waals surface area contributed by atoms with Crippen LogP contribution in [-0.2, 0) is 9.59 Å². The van der Waals surface area contributed by atoms with Crippen molar-refractivity contribution in [3.63, 3.8) is 0 Å². The SMILES string of the molecule is COc1ccc(NC(=O)C[C@@H]2C(=O)Nc3nc(-c4ccc(C)cc4)nn32)c(OC)c1. The highest BCUT2D eigenvalue weighted by Gasteiger charge is 2.35. The molecule has 9 heteroatoms. The standard InChI is InChI=1S/C21H21N5O4/c1-12-4-6-13(7-5-12)19-23-21-24-20(28)16(26(21)25-19)11-18(27)22-15-9-8-14(29-2)10-17(15)30-3/h4-10,16H,11H2,1-3H3,(H,22,27)(H,23,24,25,28)/t16-/m1/s1. The molecule has 1 aliphatic rings. The van der Waals surface area contributed by atoms with Crippen LogP contribution in [-0.4, -0.2) is 40.8 Å². The lowest BCUT2D eigenvalue weighted by Crippen LogP contribution is -2.24. The first-order valence-electron chi connectivity index (χ1n) is 9.35. The number of ether oxygens (including phenoxy) is 2. The predicted molar refractivity (Wildman–Crippen MR) is 111 cm³/mol. The molecule has 0 saturated heterocycles. The lowest BCUT2D eigenvalue weighted by atomic mass is 10.1. The molecule has 2 heterocycles. The second kappa shape index (κ2) is 7.86. The van der Waals surface area contributed by atoms with Gasteiger partial charge in [-0.1, -0.05) is 29.8 Å². The lowest BCUT2D eigenvalue weighted by Gasteiger charge is -2.13. The van der Waals surface area contributed by atoms with E-state index in [1.165, 1.54) is 11.8 Å². The summed E-state index contributed by atoms with van der Waals surface area (Å²) in [6.07, 6.45) is -0.0925. The van der Waals surface area contributed by atoms with Crippen LogP contribution >= 0.6 is 0 Å². The zero-order valence-electron chi connectivity index (χ0n) is 16.8. The van der Waals surface area contributed by atoms with Gasteiger partial charge in [-0.2, -0.15) is 4.98 Å². The molecule has 0 spiro atoms. The quantitative estimate of drug-likeness (QED) is 0.651. The zero-order chi connectivity index (χ0) is 21.3. The third kappa shape index (κ3) is 3.69. The fourth-order valence-corrected chi connectivity index (χ4v) is 3.21. The van der Waals surface area contributed by atoms with Gasteiger partial charge in [0, 0.05) is 11.6 Å². The molecule has 2 N–H and O–H groups in total. The number of carbonyl (C=O) groups excluding carboxylic acids is 2. The molecule has 30 heavy (non-hydrogen) atoms. The number of carbonyl (C=O) groups is 2. The molecule has 154 valence electrons. The van der Waals surface area contributed by atoms with Crippen molar-refractivity contribution in [2.45, 2.75) is 19.4 Å². The molecule has 0 fully saturated rings. The first-order valence-corrected chi connectivity index (χ1v) is 9.35. The van der Waals surface area contributed by atoms with E-state index in [0.717, 1.165) is 11.1 Å². The van der Waals surface area contributed by atoms with Crippen LogP contribution < -0.4 is 20.1 Å². The summed E-state index contributed by atoms with van der Waals surface area (Å²) < 4.78 is 11.9. The number of hydrogen-bond donors (Lipinski definition) is 2. The number of aryl methyl sites for hydroxylation is 1. The number of anilines is 2. The highest BCUT2D eigenvalue weighted by atomic mass is 16.5. The number of nitrogens with zero attached hydrogens (tertiary/aromatic N) is 3. The molecule has 1 aromatic heterocycles. The average molecular weight is 407 g/mol. The van der Waals surface area contributed by atoms with Gasteiger partial charge in [0.05, 0.1) is 26.3 Å². The summed E-state index contributed by atoms with van der Waals surface area (Å²) in [6.45, 7) is 2.00. The molecule has 9 nitrogen and oxygen atoms in total. The second-order valence-electron chi connectivity index (χ2n) is 6.89. The minimum Gasteiger partial charge on any atom is -0.497 e. The summed E-state index contributed by atoms with van der Waals surface area (Å²) in [5.74, 6) is 1.22.